The maximum Gasteiger partial charge on any atom is 0.407 e. The number of nitrogens with two attached hydrogens (primary N) is 1. The zero-order valence-corrected chi connectivity index (χ0v) is 19.7. The number of carboxylic acid groups (broad SMARTS) is 1. The van der Waals surface area contributed by atoms with Crippen molar-refractivity contribution in [1.82, 2.24) is 19.4 Å². The fourth-order valence-electron chi connectivity index (χ4n) is 4.83. The number of benzene rings is 2. The van der Waals surface area contributed by atoms with Crippen molar-refractivity contribution in [1.29, 1.82) is 0 Å². The van der Waals surface area contributed by atoms with Gasteiger partial charge >= 0.3 is 6.09 Å². The molecule has 180 valence electrons. The lowest BCUT2D eigenvalue weighted by atomic mass is 9.79. The van der Waals surface area contributed by atoms with Gasteiger partial charge in [0.05, 0.1) is 5.39 Å². The molecule has 5 rings (SSSR count). The Kier molecular flexibility index (Phi) is 6.27. The molecule has 8 nitrogen and oxygen atoms in total. The van der Waals surface area contributed by atoms with Crippen LogP contribution in [0, 0.1) is 5.92 Å². The molecule has 1 aliphatic carbocycles. The van der Waals surface area contributed by atoms with Gasteiger partial charge in [-0.15, -0.1) is 0 Å². The van der Waals surface area contributed by atoms with E-state index < -0.39 is 6.09 Å². The first kappa shape index (κ1) is 22.7. The maximum atomic E-state index is 11.4. The van der Waals surface area contributed by atoms with Crippen LogP contribution in [0.5, 0.6) is 5.75 Å². The van der Waals surface area contributed by atoms with Crippen molar-refractivity contribution >= 4 is 22.9 Å². The lowest BCUT2D eigenvalue weighted by Gasteiger charge is -2.38. The summed E-state index contributed by atoms with van der Waals surface area (Å²) in [7, 11) is 0. The molecule has 4 aromatic rings. The normalized spacial score (nSPS) is 17.2. The molecule has 1 fully saturated rings. The molecule has 0 atom stereocenters. The highest BCUT2D eigenvalue weighted by atomic mass is 16.5. The van der Waals surface area contributed by atoms with Gasteiger partial charge in [-0.3, -0.25) is 0 Å². The summed E-state index contributed by atoms with van der Waals surface area (Å²) in [5.74, 6) is 1.56. The zero-order valence-electron chi connectivity index (χ0n) is 19.7. The number of amides is 1. The second-order valence-corrected chi connectivity index (χ2v) is 9.02. The topological polar surface area (TPSA) is 107 Å². The van der Waals surface area contributed by atoms with Crippen LogP contribution in [0.3, 0.4) is 0 Å². The third-order valence-corrected chi connectivity index (χ3v) is 6.77. The highest BCUT2D eigenvalue weighted by molar-refractivity contribution is 6.00. The van der Waals surface area contributed by atoms with Crippen molar-refractivity contribution in [2.45, 2.75) is 32.4 Å². The van der Waals surface area contributed by atoms with E-state index in [1.807, 2.05) is 61.5 Å². The van der Waals surface area contributed by atoms with Gasteiger partial charge in [0.15, 0.2) is 0 Å². The maximum absolute atomic E-state index is 11.4. The molecule has 0 spiro atoms. The van der Waals surface area contributed by atoms with Crippen LogP contribution in [-0.2, 0) is 6.61 Å². The third kappa shape index (κ3) is 4.64. The quantitative estimate of drug-likeness (QED) is 0.365. The monoisotopic (exact) mass is 471 g/mol. The van der Waals surface area contributed by atoms with Gasteiger partial charge in [0.2, 0.25) is 0 Å². The van der Waals surface area contributed by atoms with E-state index in [1.165, 1.54) is 11.2 Å². The molecule has 2 aromatic carbocycles. The van der Waals surface area contributed by atoms with Gasteiger partial charge in [-0.1, -0.05) is 42.5 Å². The molecule has 2 heterocycles. The summed E-state index contributed by atoms with van der Waals surface area (Å²) in [6.07, 6.45) is 4.53. The van der Waals surface area contributed by atoms with Gasteiger partial charge in [0, 0.05) is 30.9 Å². The second-order valence-electron chi connectivity index (χ2n) is 9.02. The van der Waals surface area contributed by atoms with E-state index in [0.29, 0.717) is 31.4 Å². The van der Waals surface area contributed by atoms with E-state index in [0.717, 1.165) is 46.3 Å². The van der Waals surface area contributed by atoms with Gasteiger partial charge in [-0.2, -0.15) is 0 Å². The highest BCUT2D eigenvalue weighted by Crippen LogP contribution is 2.43. The largest absolute Gasteiger partial charge is 0.489 e. The van der Waals surface area contributed by atoms with Crippen LogP contribution in [0.4, 0.5) is 10.6 Å². The summed E-state index contributed by atoms with van der Waals surface area (Å²) >= 11 is 0. The Morgan fingerprint density at radius 3 is 2.71 bits per heavy atom. The van der Waals surface area contributed by atoms with Crippen molar-refractivity contribution in [3.8, 4) is 16.9 Å². The predicted octanol–water partition coefficient (Wildman–Crippen LogP) is 5.21. The third-order valence-electron chi connectivity index (χ3n) is 6.77. The summed E-state index contributed by atoms with van der Waals surface area (Å²) < 4.78 is 8.22. The van der Waals surface area contributed by atoms with Crippen molar-refractivity contribution in [2.75, 3.05) is 18.8 Å². The Labute approximate surface area is 204 Å². The second kappa shape index (κ2) is 9.66. The first-order valence-electron chi connectivity index (χ1n) is 11.9. The molecular formula is C27H29N5O3. The number of nitrogens with zero attached hydrogens (tertiary/aromatic N) is 4. The minimum atomic E-state index is -0.862. The summed E-state index contributed by atoms with van der Waals surface area (Å²) in [5, 5.41) is 10.2. The summed E-state index contributed by atoms with van der Waals surface area (Å²) in [4.78, 5) is 21.6. The number of hydrogen-bond donors (Lipinski definition) is 2. The lowest BCUT2D eigenvalue weighted by molar-refractivity contribution is 0.110. The van der Waals surface area contributed by atoms with Crippen LogP contribution in [-0.4, -0.2) is 43.7 Å². The SMILES string of the molecule is CCN(CC1CC(n2cc(-c3cccc(OCc4ccccc4)c3)c3c(N)ncnc32)C1)C(=O)O. The van der Waals surface area contributed by atoms with E-state index in [1.54, 1.807) is 0 Å². The molecule has 35 heavy (non-hydrogen) atoms. The smallest absolute Gasteiger partial charge is 0.407 e. The minimum absolute atomic E-state index is 0.246. The fourth-order valence-corrected chi connectivity index (χ4v) is 4.83. The van der Waals surface area contributed by atoms with Crippen LogP contribution in [0.2, 0.25) is 0 Å². The Morgan fingerprint density at radius 2 is 1.97 bits per heavy atom. The van der Waals surface area contributed by atoms with Gasteiger partial charge in [0.25, 0.3) is 0 Å². The zero-order chi connectivity index (χ0) is 24.4. The average Bonchev–Trinajstić information content (AvgIpc) is 3.23. The molecule has 0 unspecified atom stereocenters. The van der Waals surface area contributed by atoms with Crippen LogP contribution in [0.15, 0.2) is 67.1 Å². The van der Waals surface area contributed by atoms with Crippen LogP contribution < -0.4 is 10.5 Å². The first-order valence-corrected chi connectivity index (χ1v) is 11.9. The summed E-state index contributed by atoms with van der Waals surface area (Å²) in [5.41, 5.74) is 10.2. The molecule has 0 saturated heterocycles. The fraction of sp³-hybridized carbons (Fsp3) is 0.296. The van der Waals surface area contributed by atoms with Crippen molar-refractivity contribution in [2.24, 2.45) is 5.92 Å². The van der Waals surface area contributed by atoms with Gasteiger partial charge in [0.1, 0.15) is 30.1 Å². The number of anilines is 1. The molecule has 8 heteroatoms. The number of fused-ring (bicyclic) bond motifs is 1. The van der Waals surface area contributed by atoms with E-state index in [-0.39, 0.29) is 6.04 Å². The number of ether oxygens (including phenoxy) is 1. The number of rotatable bonds is 8. The first-order chi connectivity index (χ1) is 17.0. The molecule has 0 bridgehead atoms. The number of nitrogen functional groups attached to an aromatic ring is 1. The molecule has 0 aliphatic heterocycles. The van der Waals surface area contributed by atoms with E-state index in [9.17, 15) is 9.90 Å². The summed E-state index contributed by atoms with van der Waals surface area (Å²) in [6, 6.07) is 18.3. The van der Waals surface area contributed by atoms with E-state index in [4.69, 9.17) is 10.5 Å². The Balaban J connectivity index is 1.40. The van der Waals surface area contributed by atoms with Crippen LogP contribution in [0.1, 0.15) is 31.4 Å². The van der Waals surface area contributed by atoms with E-state index in [2.05, 4.69) is 20.7 Å². The van der Waals surface area contributed by atoms with Crippen molar-refractivity contribution in [3.05, 3.63) is 72.7 Å². The van der Waals surface area contributed by atoms with Gasteiger partial charge in [-0.25, -0.2) is 14.8 Å². The minimum Gasteiger partial charge on any atom is -0.489 e. The molecule has 1 aliphatic rings. The Morgan fingerprint density at radius 1 is 1.17 bits per heavy atom. The number of hydrogen-bond acceptors (Lipinski definition) is 5. The van der Waals surface area contributed by atoms with E-state index >= 15 is 0 Å². The molecule has 3 N–H and O–H groups in total. The summed E-state index contributed by atoms with van der Waals surface area (Å²) in [6.45, 7) is 3.42. The van der Waals surface area contributed by atoms with Crippen molar-refractivity contribution in [3.63, 3.8) is 0 Å². The molecule has 2 aromatic heterocycles. The van der Waals surface area contributed by atoms with Crippen LogP contribution in [0.25, 0.3) is 22.2 Å². The van der Waals surface area contributed by atoms with Gasteiger partial charge < -0.3 is 25.0 Å². The highest BCUT2D eigenvalue weighted by Gasteiger charge is 2.34. The molecule has 1 amide bonds. The van der Waals surface area contributed by atoms with Crippen LogP contribution >= 0.6 is 0 Å². The molecule has 1 saturated carbocycles. The Hall–Kier alpha value is -4.07. The lowest BCUT2D eigenvalue weighted by Crippen LogP contribution is -2.39. The van der Waals surface area contributed by atoms with Gasteiger partial charge in [-0.05, 0) is 48.9 Å². The standard InChI is InChI=1S/C27H29N5O3/c1-2-31(27(33)34)14-19-11-21(12-19)32-15-23(24-25(28)29-17-30-26(24)32)20-9-6-10-22(13-20)35-16-18-7-4-3-5-8-18/h3-10,13,15,17,19,21H,2,11-12,14,16H2,1H3,(H,33,34)(H2,28,29,30). The number of carbonyl (C=O) groups is 1. The average molecular weight is 472 g/mol. The van der Waals surface area contributed by atoms with Crippen molar-refractivity contribution < 1.29 is 14.6 Å². The number of aromatic nitrogens is 3. The predicted molar refractivity (Wildman–Crippen MR) is 135 cm³/mol. The molecular weight excluding hydrogens is 442 g/mol. The molecule has 0 radical (unpaired) electrons. The Bertz CT molecular complexity index is 1330.